The Labute approximate surface area is 144 Å². The van der Waals surface area contributed by atoms with Gasteiger partial charge in [0.2, 0.25) is 0 Å². The second kappa shape index (κ2) is 5.62. The number of halogens is 1. The van der Waals surface area contributed by atoms with Crippen molar-refractivity contribution in [3.63, 3.8) is 0 Å². The highest BCUT2D eigenvalue weighted by molar-refractivity contribution is 5.85. The Hall–Kier alpha value is -1.35. The van der Waals surface area contributed by atoms with Gasteiger partial charge in [-0.3, -0.25) is 4.90 Å². The van der Waals surface area contributed by atoms with E-state index in [9.17, 15) is 0 Å². The largest absolute Gasteiger partial charge is 0.314 e. The van der Waals surface area contributed by atoms with E-state index in [1.165, 1.54) is 12.8 Å². The van der Waals surface area contributed by atoms with Crippen LogP contribution in [0.4, 0.5) is 0 Å². The minimum absolute atomic E-state index is 0. The quantitative estimate of drug-likeness (QED) is 0.863. The Morgan fingerprint density at radius 3 is 2.04 bits per heavy atom. The first-order chi connectivity index (χ1) is 10.9. The number of hydrogen-bond acceptors (Lipinski definition) is 2. The Kier molecular flexibility index (Phi) is 3.72. The summed E-state index contributed by atoms with van der Waals surface area (Å²) in [6.07, 6.45) is 2.56. The molecule has 0 amide bonds. The third-order valence-electron chi connectivity index (χ3n) is 6.02. The van der Waals surface area contributed by atoms with Gasteiger partial charge in [-0.15, -0.1) is 12.4 Å². The molecule has 2 bridgehead atoms. The average molecular weight is 327 g/mol. The van der Waals surface area contributed by atoms with Crippen LogP contribution in [0, 0.1) is 0 Å². The molecule has 4 aliphatic rings. The minimum Gasteiger partial charge on any atom is -0.314 e. The number of rotatable bonds is 1. The molecule has 0 aromatic heterocycles. The number of nitrogens with zero attached hydrogens (tertiary/aromatic N) is 1. The lowest BCUT2D eigenvalue weighted by Gasteiger charge is -2.55. The number of hydrogen-bond donors (Lipinski definition) is 1. The number of nitrogens with one attached hydrogen (secondary N) is 1. The molecule has 3 aliphatic carbocycles. The van der Waals surface area contributed by atoms with Crippen LogP contribution >= 0.6 is 12.4 Å². The molecule has 0 atom stereocenters. The van der Waals surface area contributed by atoms with Crippen LogP contribution in [0.2, 0.25) is 0 Å². The lowest BCUT2D eigenvalue weighted by molar-refractivity contribution is 0.0769. The highest BCUT2D eigenvalue weighted by Gasteiger charge is 2.51. The third kappa shape index (κ3) is 1.95. The molecule has 0 saturated carbocycles. The van der Waals surface area contributed by atoms with Crippen LogP contribution in [-0.2, 0) is 5.54 Å². The van der Waals surface area contributed by atoms with Crippen molar-refractivity contribution < 1.29 is 0 Å². The maximum absolute atomic E-state index is 3.51. The van der Waals surface area contributed by atoms with Crippen LogP contribution in [0.15, 0.2) is 48.5 Å². The Balaban J connectivity index is 0.00000135. The molecule has 2 aromatic carbocycles. The van der Waals surface area contributed by atoms with Crippen molar-refractivity contribution in [2.45, 2.75) is 24.3 Å². The molecule has 6 rings (SSSR count). The zero-order valence-corrected chi connectivity index (χ0v) is 14.1. The molecule has 120 valence electrons. The van der Waals surface area contributed by atoms with Gasteiger partial charge in [0, 0.05) is 32.1 Å². The van der Waals surface area contributed by atoms with Gasteiger partial charge in [0.15, 0.2) is 0 Å². The molecule has 0 spiro atoms. The van der Waals surface area contributed by atoms with Gasteiger partial charge < -0.3 is 5.32 Å². The minimum atomic E-state index is 0. The van der Waals surface area contributed by atoms with E-state index >= 15 is 0 Å². The van der Waals surface area contributed by atoms with Gasteiger partial charge in [-0.05, 0) is 35.1 Å². The van der Waals surface area contributed by atoms with Gasteiger partial charge in [0.25, 0.3) is 0 Å². The SMILES string of the molecule is Cl.c1ccc2c(c1)C1CCC2(N2CCNCC2)c2ccccc21. The Bertz CT molecular complexity index is 674. The van der Waals surface area contributed by atoms with Crippen LogP contribution in [0.5, 0.6) is 0 Å². The van der Waals surface area contributed by atoms with Gasteiger partial charge in [-0.25, -0.2) is 0 Å². The normalized spacial score (nSPS) is 28.6. The molecule has 1 fully saturated rings. The second-order valence-electron chi connectivity index (χ2n) is 6.86. The van der Waals surface area contributed by atoms with E-state index in [2.05, 4.69) is 58.7 Å². The summed E-state index contributed by atoms with van der Waals surface area (Å²) in [4.78, 5) is 2.75. The standard InChI is InChI=1S/C20H22N2.ClH/c1-3-7-18-16(5-1)15-9-10-20(18,22-13-11-21-12-14-22)19-8-4-2-6-17(15)19;/h1-8,15,21H,9-14H2;1H. The predicted octanol–water partition coefficient (Wildman–Crippen LogP) is 3.50. The molecular weight excluding hydrogens is 304 g/mol. The fourth-order valence-corrected chi connectivity index (χ4v) is 5.15. The van der Waals surface area contributed by atoms with E-state index < -0.39 is 0 Å². The molecule has 0 radical (unpaired) electrons. The van der Waals surface area contributed by atoms with Gasteiger partial charge in [-0.2, -0.15) is 0 Å². The van der Waals surface area contributed by atoms with Crippen LogP contribution < -0.4 is 5.32 Å². The van der Waals surface area contributed by atoms with Gasteiger partial charge >= 0.3 is 0 Å². The van der Waals surface area contributed by atoms with E-state index in [-0.39, 0.29) is 17.9 Å². The van der Waals surface area contributed by atoms with Crippen molar-refractivity contribution in [2.75, 3.05) is 26.2 Å². The van der Waals surface area contributed by atoms with Crippen LogP contribution in [0.25, 0.3) is 0 Å². The summed E-state index contributed by atoms with van der Waals surface area (Å²) in [7, 11) is 0. The molecular formula is C20H23ClN2. The van der Waals surface area contributed by atoms with E-state index in [0.717, 1.165) is 26.2 Å². The summed E-state index contributed by atoms with van der Waals surface area (Å²) in [5.41, 5.74) is 6.42. The molecule has 23 heavy (non-hydrogen) atoms. The fourth-order valence-electron chi connectivity index (χ4n) is 5.15. The Morgan fingerprint density at radius 2 is 1.43 bits per heavy atom. The summed E-state index contributed by atoms with van der Waals surface area (Å²) < 4.78 is 0. The third-order valence-corrected chi connectivity index (χ3v) is 6.02. The number of piperazine rings is 1. The second-order valence-corrected chi connectivity index (χ2v) is 6.86. The summed E-state index contributed by atoms with van der Waals surface area (Å²) >= 11 is 0. The van der Waals surface area contributed by atoms with Crippen LogP contribution in [0.3, 0.4) is 0 Å². The predicted molar refractivity (Wildman–Crippen MR) is 96.4 cm³/mol. The maximum atomic E-state index is 3.51. The van der Waals surface area contributed by atoms with E-state index in [1.807, 2.05) is 0 Å². The first-order valence-corrected chi connectivity index (χ1v) is 8.56. The molecule has 3 heteroatoms. The van der Waals surface area contributed by atoms with E-state index in [1.54, 1.807) is 22.3 Å². The molecule has 1 heterocycles. The topological polar surface area (TPSA) is 15.3 Å². The molecule has 1 saturated heterocycles. The molecule has 2 nitrogen and oxygen atoms in total. The van der Waals surface area contributed by atoms with Crippen LogP contribution in [0.1, 0.15) is 41.0 Å². The van der Waals surface area contributed by atoms with E-state index in [0.29, 0.717) is 5.92 Å². The highest BCUT2D eigenvalue weighted by Crippen LogP contribution is 2.57. The van der Waals surface area contributed by atoms with Crippen molar-refractivity contribution in [2.24, 2.45) is 0 Å². The monoisotopic (exact) mass is 326 g/mol. The number of fused-ring (bicyclic) bond motifs is 1. The first-order valence-electron chi connectivity index (χ1n) is 8.56. The first kappa shape index (κ1) is 15.2. The number of benzene rings is 2. The van der Waals surface area contributed by atoms with E-state index in [4.69, 9.17) is 0 Å². The van der Waals surface area contributed by atoms with Crippen molar-refractivity contribution in [1.82, 2.24) is 10.2 Å². The van der Waals surface area contributed by atoms with Gasteiger partial charge in [-0.1, -0.05) is 48.5 Å². The lowest BCUT2D eigenvalue weighted by atomic mass is 9.59. The zero-order valence-electron chi connectivity index (χ0n) is 13.3. The van der Waals surface area contributed by atoms with Gasteiger partial charge in [0.1, 0.15) is 0 Å². The molecule has 1 aliphatic heterocycles. The lowest BCUT2D eigenvalue weighted by Crippen LogP contribution is -2.58. The van der Waals surface area contributed by atoms with Crippen molar-refractivity contribution >= 4 is 12.4 Å². The summed E-state index contributed by atoms with van der Waals surface area (Å²) in [5, 5.41) is 3.51. The molecule has 1 N–H and O–H groups in total. The fraction of sp³-hybridized carbons (Fsp3) is 0.400. The Morgan fingerprint density at radius 1 is 0.870 bits per heavy atom. The van der Waals surface area contributed by atoms with Gasteiger partial charge in [0.05, 0.1) is 5.54 Å². The summed E-state index contributed by atoms with van der Waals surface area (Å²) in [6, 6.07) is 18.4. The van der Waals surface area contributed by atoms with Crippen molar-refractivity contribution in [3.05, 3.63) is 70.8 Å². The smallest absolute Gasteiger partial charge is 0.0722 e. The maximum Gasteiger partial charge on any atom is 0.0722 e. The summed E-state index contributed by atoms with van der Waals surface area (Å²) in [5.74, 6) is 0.609. The highest BCUT2D eigenvalue weighted by atomic mass is 35.5. The molecule has 0 unspecified atom stereocenters. The zero-order chi connectivity index (χ0) is 14.6. The van der Waals surface area contributed by atoms with Crippen LogP contribution in [-0.4, -0.2) is 31.1 Å². The molecule has 2 aromatic rings. The average Bonchev–Trinajstić information content (AvgIpc) is 2.63. The van der Waals surface area contributed by atoms with Crippen molar-refractivity contribution in [3.8, 4) is 0 Å². The van der Waals surface area contributed by atoms with Crippen molar-refractivity contribution in [1.29, 1.82) is 0 Å². The summed E-state index contributed by atoms with van der Waals surface area (Å²) in [6.45, 7) is 4.51.